The van der Waals surface area contributed by atoms with E-state index in [1.54, 1.807) is 0 Å². The summed E-state index contributed by atoms with van der Waals surface area (Å²) < 4.78 is 2.29. The zero-order valence-corrected chi connectivity index (χ0v) is 18.2. The molecule has 0 fully saturated rings. The van der Waals surface area contributed by atoms with Crippen LogP contribution in [0.1, 0.15) is 77.7 Å². The fraction of sp³-hybridized carbons (Fsp3) is 0.700. The van der Waals surface area contributed by atoms with Crippen LogP contribution in [0.2, 0.25) is 0 Å². The molecule has 2 nitrogen and oxygen atoms in total. The van der Waals surface area contributed by atoms with Crippen LogP contribution in [0.15, 0.2) is 24.5 Å². The third kappa shape index (κ3) is 9.12. The van der Waals surface area contributed by atoms with Gasteiger partial charge >= 0.3 is 0 Å². The Morgan fingerprint density at radius 3 is 2.12 bits per heavy atom. The Morgan fingerprint density at radius 1 is 0.958 bits per heavy atom. The predicted octanol–water partition coefficient (Wildman–Crippen LogP) is 2.14. The monoisotopic (exact) mass is 414 g/mol. The molecule has 1 aromatic rings. The third-order valence-electron chi connectivity index (χ3n) is 4.43. The first kappa shape index (κ1) is 23.5. The summed E-state index contributed by atoms with van der Waals surface area (Å²) in [6.07, 6.45) is 15.3. The molecule has 0 aromatic carbocycles. The summed E-state index contributed by atoms with van der Waals surface area (Å²) in [5, 5.41) is 0. The summed E-state index contributed by atoms with van der Waals surface area (Å²) >= 11 is 5.62. The molecule has 24 heavy (non-hydrogen) atoms. The van der Waals surface area contributed by atoms with Crippen LogP contribution in [0.25, 0.3) is 0 Å². The lowest BCUT2D eigenvalue weighted by Gasteiger charge is -2.20. The van der Waals surface area contributed by atoms with Crippen LogP contribution >= 0.6 is 12.2 Å². The predicted molar refractivity (Wildman–Crippen MR) is 104 cm³/mol. The van der Waals surface area contributed by atoms with Crippen molar-refractivity contribution >= 4 is 17.2 Å². The summed E-state index contributed by atoms with van der Waals surface area (Å²) in [5.41, 5.74) is 1.17. The summed E-state index contributed by atoms with van der Waals surface area (Å²) in [6.45, 7) is 9.64. The van der Waals surface area contributed by atoms with Gasteiger partial charge in [0.15, 0.2) is 12.4 Å². The fourth-order valence-corrected chi connectivity index (χ4v) is 3.29. The standard InChI is InChI=1S/C20H35N2S.BrH/c1-4-7-8-9-10-11-12-13-16-21-17-14-15-19(18-21)20(23)22(5-2)6-3;/h14-15,17-18H,4-13,16H2,1-3H3;1H/q+1;/p-1. The van der Waals surface area contributed by atoms with Crippen molar-refractivity contribution in [2.75, 3.05) is 13.1 Å². The first-order chi connectivity index (χ1) is 11.2. The second-order valence-corrected chi connectivity index (χ2v) is 6.67. The smallest absolute Gasteiger partial charge is 0.179 e. The van der Waals surface area contributed by atoms with E-state index in [9.17, 15) is 0 Å². The number of thiocarbonyl (C=S) groups is 1. The van der Waals surface area contributed by atoms with E-state index in [1.807, 2.05) is 0 Å². The molecule has 0 spiro atoms. The molecular formula is C20H35BrN2S. The first-order valence-corrected chi connectivity index (χ1v) is 9.92. The van der Waals surface area contributed by atoms with E-state index >= 15 is 0 Å². The molecule has 1 aromatic heterocycles. The molecule has 1 heterocycles. The van der Waals surface area contributed by atoms with E-state index in [0.717, 1.165) is 24.6 Å². The number of halogens is 1. The molecule has 0 N–H and O–H groups in total. The lowest BCUT2D eigenvalue weighted by molar-refractivity contribution is -0.697. The van der Waals surface area contributed by atoms with Gasteiger partial charge in [-0.3, -0.25) is 0 Å². The number of rotatable bonds is 12. The van der Waals surface area contributed by atoms with Crippen LogP contribution in [-0.4, -0.2) is 23.0 Å². The van der Waals surface area contributed by atoms with E-state index < -0.39 is 0 Å². The molecule has 0 saturated heterocycles. The van der Waals surface area contributed by atoms with Crippen molar-refractivity contribution in [2.24, 2.45) is 0 Å². The number of unbranched alkanes of at least 4 members (excludes halogenated alkanes) is 7. The molecule has 0 unspecified atom stereocenters. The maximum absolute atomic E-state index is 5.62. The van der Waals surface area contributed by atoms with Gasteiger partial charge in [0, 0.05) is 25.6 Å². The van der Waals surface area contributed by atoms with E-state index in [0.29, 0.717) is 0 Å². The molecule has 0 saturated carbocycles. The highest BCUT2D eigenvalue weighted by Crippen LogP contribution is 2.08. The molecule has 0 aliphatic rings. The summed E-state index contributed by atoms with van der Waals surface area (Å²) in [7, 11) is 0. The van der Waals surface area contributed by atoms with Gasteiger partial charge in [-0.05, 0) is 26.3 Å². The van der Waals surface area contributed by atoms with Crippen LogP contribution < -0.4 is 21.5 Å². The zero-order valence-electron chi connectivity index (χ0n) is 15.8. The zero-order chi connectivity index (χ0) is 16.9. The SMILES string of the molecule is CCCCCCCCCC[n+]1cccc(C(=S)N(CC)CC)c1.[Br-]. The Kier molecular flexibility index (Phi) is 14.5. The molecule has 1 rings (SSSR count). The number of aromatic nitrogens is 1. The minimum atomic E-state index is 0. The second-order valence-electron chi connectivity index (χ2n) is 6.28. The highest BCUT2D eigenvalue weighted by molar-refractivity contribution is 7.80. The van der Waals surface area contributed by atoms with Crippen LogP contribution in [-0.2, 0) is 6.54 Å². The maximum Gasteiger partial charge on any atom is 0.179 e. The van der Waals surface area contributed by atoms with Gasteiger partial charge in [0.2, 0.25) is 0 Å². The van der Waals surface area contributed by atoms with Gasteiger partial charge < -0.3 is 21.9 Å². The van der Waals surface area contributed by atoms with Crippen molar-refractivity contribution in [2.45, 2.75) is 78.7 Å². The minimum absolute atomic E-state index is 0. The van der Waals surface area contributed by atoms with Crippen LogP contribution in [0.5, 0.6) is 0 Å². The van der Waals surface area contributed by atoms with Gasteiger partial charge in [-0.15, -0.1) is 0 Å². The first-order valence-electron chi connectivity index (χ1n) is 9.51. The van der Waals surface area contributed by atoms with Gasteiger partial charge in [0.25, 0.3) is 0 Å². The van der Waals surface area contributed by atoms with Crippen molar-refractivity contribution in [3.63, 3.8) is 0 Å². The van der Waals surface area contributed by atoms with Crippen LogP contribution in [0, 0.1) is 0 Å². The fourth-order valence-electron chi connectivity index (χ4n) is 2.91. The Hall–Kier alpha value is -0.480. The van der Waals surface area contributed by atoms with Gasteiger partial charge in [-0.1, -0.05) is 57.7 Å². The van der Waals surface area contributed by atoms with Gasteiger partial charge in [0.1, 0.15) is 11.5 Å². The van der Waals surface area contributed by atoms with Crippen LogP contribution in [0.3, 0.4) is 0 Å². The van der Waals surface area contributed by atoms with E-state index in [2.05, 4.69) is 54.8 Å². The minimum Gasteiger partial charge on any atom is -1.00 e. The summed E-state index contributed by atoms with van der Waals surface area (Å²) in [5.74, 6) is 0. The molecule has 0 bridgehead atoms. The Labute approximate surface area is 165 Å². The number of nitrogens with zero attached hydrogens (tertiary/aromatic N) is 2. The normalized spacial score (nSPS) is 10.3. The molecule has 0 radical (unpaired) electrons. The maximum atomic E-state index is 5.62. The van der Waals surface area contributed by atoms with Gasteiger partial charge in [0.05, 0.1) is 5.56 Å². The van der Waals surface area contributed by atoms with E-state index in [4.69, 9.17) is 12.2 Å². The highest BCUT2D eigenvalue weighted by atomic mass is 79.9. The number of pyridine rings is 1. The Balaban J connectivity index is 0.00000529. The van der Waals surface area contributed by atoms with Gasteiger partial charge in [-0.25, -0.2) is 4.57 Å². The van der Waals surface area contributed by atoms with Crippen molar-refractivity contribution in [3.05, 3.63) is 30.1 Å². The average Bonchev–Trinajstić information content (AvgIpc) is 2.58. The van der Waals surface area contributed by atoms with E-state index in [1.165, 1.54) is 56.9 Å². The second kappa shape index (κ2) is 14.8. The van der Waals surface area contributed by atoms with Crippen LogP contribution in [0.4, 0.5) is 0 Å². The average molecular weight is 415 g/mol. The van der Waals surface area contributed by atoms with Gasteiger partial charge in [-0.2, -0.15) is 0 Å². The number of hydrogen-bond acceptors (Lipinski definition) is 1. The molecule has 0 amide bonds. The molecule has 138 valence electrons. The Bertz CT molecular complexity index is 447. The highest BCUT2D eigenvalue weighted by Gasteiger charge is 2.11. The summed E-state index contributed by atoms with van der Waals surface area (Å²) in [6, 6.07) is 4.25. The molecule has 4 heteroatoms. The Morgan fingerprint density at radius 2 is 1.54 bits per heavy atom. The third-order valence-corrected chi connectivity index (χ3v) is 4.92. The summed E-state index contributed by atoms with van der Waals surface area (Å²) in [4.78, 5) is 3.21. The quantitative estimate of drug-likeness (QED) is 0.293. The molecule has 0 aliphatic heterocycles. The molecule has 0 aliphatic carbocycles. The number of aryl methyl sites for hydroxylation is 1. The van der Waals surface area contributed by atoms with Crippen molar-refractivity contribution in [1.82, 2.24) is 4.90 Å². The molecule has 0 atom stereocenters. The lowest BCUT2D eigenvalue weighted by Crippen LogP contribution is -3.00. The topological polar surface area (TPSA) is 7.12 Å². The van der Waals surface area contributed by atoms with Crippen molar-refractivity contribution < 1.29 is 21.5 Å². The number of hydrogen-bond donors (Lipinski definition) is 0. The lowest BCUT2D eigenvalue weighted by atomic mass is 10.1. The largest absolute Gasteiger partial charge is 1.00 e. The van der Waals surface area contributed by atoms with Crippen molar-refractivity contribution in [1.29, 1.82) is 0 Å². The van der Waals surface area contributed by atoms with Crippen molar-refractivity contribution in [3.8, 4) is 0 Å². The molecular weight excluding hydrogens is 380 g/mol. The van der Waals surface area contributed by atoms with E-state index in [-0.39, 0.29) is 17.0 Å².